The topological polar surface area (TPSA) is 131 Å². The maximum absolute atomic E-state index is 12.9. The third-order valence-corrected chi connectivity index (χ3v) is 4.64. The van der Waals surface area contributed by atoms with Crippen molar-refractivity contribution in [3.8, 4) is 34.1 Å². The minimum atomic E-state index is -0.503. The zero-order valence-corrected chi connectivity index (χ0v) is 16.8. The molecule has 0 unspecified atom stereocenters. The number of carbonyl (C=O) groups is 1. The second kappa shape index (κ2) is 9.04. The van der Waals surface area contributed by atoms with Crippen LogP contribution in [0, 0.1) is 10.1 Å². The number of ether oxygens (including phenoxy) is 2. The Morgan fingerprint density at radius 2 is 1.77 bits per heavy atom. The largest absolute Gasteiger partial charge is 0.508 e. The van der Waals surface area contributed by atoms with E-state index in [0.29, 0.717) is 22.4 Å². The summed E-state index contributed by atoms with van der Waals surface area (Å²) in [5.41, 5.74) is 1.48. The lowest BCUT2D eigenvalue weighted by Gasteiger charge is -2.15. The van der Waals surface area contributed by atoms with Crippen molar-refractivity contribution in [3.05, 3.63) is 75.8 Å². The van der Waals surface area contributed by atoms with Crippen LogP contribution in [0.3, 0.4) is 0 Å². The van der Waals surface area contributed by atoms with E-state index >= 15 is 0 Å². The fourth-order valence-electron chi connectivity index (χ4n) is 3.06. The third kappa shape index (κ3) is 4.67. The first-order valence-corrected chi connectivity index (χ1v) is 9.14. The molecule has 3 rings (SSSR count). The number of hydrogen-bond donors (Lipinski definition) is 3. The van der Waals surface area contributed by atoms with Crippen LogP contribution in [0.2, 0.25) is 0 Å². The number of nitrogens with zero attached hydrogens (tertiary/aromatic N) is 1. The van der Waals surface area contributed by atoms with E-state index in [1.165, 1.54) is 56.7 Å². The average molecular weight is 424 g/mol. The third-order valence-electron chi connectivity index (χ3n) is 4.64. The Kier molecular flexibility index (Phi) is 6.25. The molecule has 1 amide bonds. The Bertz CT molecular complexity index is 1140. The lowest BCUT2D eigenvalue weighted by atomic mass is 10.00. The number of hydrogen-bond acceptors (Lipinski definition) is 7. The Hall–Kier alpha value is -4.27. The van der Waals surface area contributed by atoms with Crippen molar-refractivity contribution in [1.29, 1.82) is 0 Å². The minimum absolute atomic E-state index is 0.00622. The summed E-state index contributed by atoms with van der Waals surface area (Å²) in [4.78, 5) is 23.5. The number of phenols is 2. The number of benzene rings is 3. The normalized spacial score (nSPS) is 10.4. The summed E-state index contributed by atoms with van der Waals surface area (Å²) in [6.07, 6.45) is 0. The van der Waals surface area contributed by atoms with Crippen molar-refractivity contribution in [1.82, 2.24) is 5.32 Å². The molecular weight excluding hydrogens is 404 g/mol. The van der Waals surface area contributed by atoms with Gasteiger partial charge >= 0.3 is 0 Å². The monoisotopic (exact) mass is 424 g/mol. The van der Waals surface area contributed by atoms with E-state index in [9.17, 15) is 25.1 Å². The number of phenolic OH excluding ortho intramolecular Hbond substituents is 2. The van der Waals surface area contributed by atoms with Gasteiger partial charge in [0.25, 0.3) is 11.6 Å². The van der Waals surface area contributed by atoms with Crippen molar-refractivity contribution in [2.75, 3.05) is 14.2 Å². The summed E-state index contributed by atoms with van der Waals surface area (Å²) in [6, 6.07) is 13.1. The van der Waals surface area contributed by atoms with Crippen molar-refractivity contribution in [2.45, 2.75) is 6.54 Å². The van der Waals surface area contributed by atoms with Crippen molar-refractivity contribution >= 4 is 11.6 Å². The molecule has 160 valence electrons. The summed E-state index contributed by atoms with van der Waals surface area (Å²) in [5.74, 6) is -0.104. The predicted octanol–water partition coefficient (Wildman–Crippen LogP) is 3.62. The lowest BCUT2D eigenvalue weighted by Crippen LogP contribution is -2.23. The van der Waals surface area contributed by atoms with Crippen LogP contribution in [-0.4, -0.2) is 35.3 Å². The smallest absolute Gasteiger partial charge is 0.270 e. The van der Waals surface area contributed by atoms with Crippen LogP contribution in [0.5, 0.6) is 23.0 Å². The molecule has 31 heavy (non-hydrogen) atoms. The summed E-state index contributed by atoms with van der Waals surface area (Å²) in [6.45, 7) is 0.00622. The number of amides is 1. The maximum Gasteiger partial charge on any atom is 0.270 e. The molecule has 0 atom stereocenters. The van der Waals surface area contributed by atoms with Gasteiger partial charge in [-0.2, -0.15) is 0 Å². The number of methoxy groups -OCH3 is 2. The van der Waals surface area contributed by atoms with E-state index < -0.39 is 10.8 Å². The van der Waals surface area contributed by atoms with E-state index in [4.69, 9.17) is 9.47 Å². The number of aromatic hydroxyl groups is 2. The number of nitro groups is 1. The minimum Gasteiger partial charge on any atom is -0.508 e. The molecule has 0 bridgehead atoms. The first kappa shape index (κ1) is 21.4. The fraction of sp³-hybridized carbons (Fsp3) is 0.136. The average Bonchev–Trinajstić information content (AvgIpc) is 2.77. The number of carbonyl (C=O) groups excluding carboxylic acids is 1. The first-order valence-electron chi connectivity index (χ1n) is 9.14. The van der Waals surface area contributed by atoms with Gasteiger partial charge in [-0.3, -0.25) is 14.9 Å². The van der Waals surface area contributed by atoms with Crippen LogP contribution < -0.4 is 14.8 Å². The van der Waals surface area contributed by atoms with Crippen molar-refractivity contribution < 1.29 is 29.4 Å². The number of non-ortho nitro benzene ring substituents is 1. The molecule has 0 spiro atoms. The molecule has 0 aliphatic heterocycles. The molecule has 0 fully saturated rings. The molecular formula is C22H20N2O7. The van der Waals surface area contributed by atoms with Gasteiger partial charge < -0.3 is 25.0 Å². The predicted molar refractivity (Wildman–Crippen MR) is 113 cm³/mol. The highest BCUT2D eigenvalue weighted by atomic mass is 16.6. The van der Waals surface area contributed by atoms with Crippen LogP contribution in [0.25, 0.3) is 11.1 Å². The molecule has 9 nitrogen and oxygen atoms in total. The molecule has 0 heterocycles. The van der Waals surface area contributed by atoms with Gasteiger partial charge in [0, 0.05) is 41.9 Å². The molecule has 9 heteroatoms. The van der Waals surface area contributed by atoms with E-state index in [1.54, 1.807) is 12.1 Å². The summed E-state index contributed by atoms with van der Waals surface area (Å²) in [7, 11) is 2.85. The van der Waals surface area contributed by atoms with E-state index in [-0.39, 0.29) is 35.0 Å². The van der Waals surface area contributed by atoms with Gasteiger partial charge in [0.2, 0.25) is 0 Å². The SMILES string of the molecule is COc1cc(OC)c(-c2cccc([N+](=O)[O-])c2)cc1C(=O)NCc1ccc(O)cc1O. The molecule has 3 aromatic rings. The molecule has 0 radical (unpaired) electrons. The second-order valence-corrected chi connectivity index (χ2v) is 6.56. The van der Waals surface area contributed by atoms with E-state index in [2.05, 4.69) is 5.32 Å². The molecule has 0 aromatic heterocycles. The Balaban J connectivity index is 1.97. The molecule has 3 N–H and O–H groups in total. The Labute approximate surface area is 177 Å². The summed E-state index contributed by atoms with van der Waals surface area (Å²) in [5, 5.41) is 33.1. The van der Waals surface area contributed by atoms with E-state index in [0.717, 1.165) is 0 Å². The lowest BCUT2D eigenvalue weighted by molar-refractivity contribution is -0.384. The van der Waals surface area contributed by atoms with Crippen molar-refractivity contribution in [2.24, 2.45) is 0 Å². The summed E-state index contributed by atoms with van der Waals surface area (Å²) < 4.78 is 10.7. The first-order chi connectivity index (χ1) is 14.8. The number of nitrogens with one attached hydrogen (secondary N) is 1. The van der Waals surface area contributed by atoms with Gasteiger partial charge in [-0.25, -0.2) is 0 Å². The van der Waals surface area contributed by atoms with Gasteiger partial charge in [0.15, 0.2) is 0 Å². The van der Waals surface area contributed by atoms with E-state index in [1.807, 2.05) is 0 Å². The molecule has 3 aromatic carbocycles. The van der Waals surface area contributed by atoms with Crippen LogP contribution in [0.15, 0.2) is 54.6 Å². The highest BCUT2D eigenvalue weighted by Gasteiger charge is 2.19. The standard InChI is InChI=1S/C22H20N2O7/c1-30-20-11-21(31-2)18(10-17(20)13-4-3-5-15(8-13)24(28)29)22(27)23-12-14-6-7-16(25)9-19(14)26/h3-11,25-26H,12H2,1-2H3,(H,23,27). The van der Waals surface area contributed by atoms with Crippen LogP contribution in [0.1, 0.15) is 15.9 Å². The van der Waals surface area contributed by atoms with Crippen LogP contribution in [0.4, 0.5) is 5.69 Å². The maximum atomic E-state index is 12.9. The van der Waals surface area contributed by atoms with Gasteiger partial charge in [0.05, 0.1) is 24.7 Å². The molecule has 0 aliphatic rings. The highest BCUT2D eigenvalue weighted by molar-refractivity contribution is 5.99. The molecule has 0 aliphatic carbocycles. The zero-order chi connectivity index (χ0) is 22.5. The Morgan fingerprint density at radius 1 is 1.03 bits per heavy atom. The molecule has 0 saturated heterocycles. The van der Waals surface area contributed by atoms with Gasteiger partial charge in [-0.1, -0.05) is 12.1 Å². The number of rotatable bonds is 7. The summed E-state index contributed by atoms with van der Waals surface area (Å²) >= 11 is 0. The van der Waals surface area contributed by atoms with Crippen LogP contribution >= 0.6 is 0 Å². The number of nitro benzene ring substituents is 1. The van der Waals surface area contributed by atoms with Crippen molar-refractivity contribution in [3.63, 3.8) is 0 Å². The zero-order valence-electron chi connectivity index (χ0n) is 16.8. The van der Waals surface area contributed by atoms with Gasteiger partial charge in [0.1, 0.15) is 23.0 Å². The van der Waals surface area contributed by atoms with Gasteiger partial charge in [-0.05, 0) is 23.8 Å². The fourth-order valence-corrected chi connectivity index (χ4v) is 3.06. The Morgan fingerprint density at radius 3 is 2.42 bits per heavy atom. The quantitative estimate of drug-likeness (QED) is 0.390. The van der Waals surface area contributed by atoms with Crippen LogP contribution in [-0.2, 0) is 6.54 Å². The molecule has 0 saturated carbocycles. The second-order valence-electron chi connectivity index (χ2n) is 6.56. The van der Waals surface area contributed by atoms with Gasteiger partial charge in [-0.15, -0.1) is 0 Å². The highest BCUT2D eigenvalue weighted by Crippen LogP contribution is 2.37.